The van der Waals surface area contributed by atoms with E-state index in [2.05, 4.69) is 35.3 Å². The van der Waals surface area contributed by atoms with E-state index in [9.17, 15) is 0 Å². The number of nitrogens with zero attached hydrogens (tertiary/aromatic N) is 3. The van der Waals surface area contributed by atoms with Crippen LogP contribution in [-0.4, -0.2) is 27.2 Å². The fraction of sp³-hybridized carbons (Fsp3) is 0.222. The van der Waals surface area contributed by atoms with Gasteiger partial charge in [-0.15, -0.1) is 10.2 Å². The van der Waals surface area contributed by atoms with Crippen molar-refractivity contribution < 1.29 is 4.74 Å². The molecule has 0 radical (unpaired) electrons. The van der Waals surface area contributed by atoms with Gasteiger partial charge in [0, 0.05) is 11.3 Å². The van der Waals surface area contributed by atoms with Gasteiger partial charge in [0.2, 0.25) is 5.16 Å². The summed E-state index contributed by atoms with van der Waals surface area (Å²) in [6.45, 7) is 4.69. The average Bonchev–Trinajstić information content (AvgIpc) is 2.96. The van der Waals surface area contributed by atoms with Gasteiger partial charge >= 0.3 is 0 Å². The van der Waals surface area contributed by atoms with Crippen molar-refractivity contribution in [3.63, 3.8) is 0 Å². The lowest BCUT2D eigenvalue weighted by Gasteiger charge is -2.09. The second-order valence-corrected chi connectivity index (χ2v) is 6.57. The Morgan fingerprint density at radius 3 is 2.67 bits per heavy atom. The predicted molar refractivity (Wildman–Crippen MR) is 97.7 cm³/mol. The molecule has 0 fully saturated rings. The van der Waals surface area contributed by atoms with E-state index in [-0.39, 0.29) is 0 Å². The topological polar surface area (TPSA) is 66.0 Å². The number of nitrogen functional groups attached to an aromatic ring is 1. The fourth-order valence-corrected chi connectivity index (χ4v) is 2.98. The molecule has 0 bridgehead atoms. The highest BCUT2D eigenvalue weighted by molar-refractivity contribution is 7.99. The molecule has 0 aliphatic rings. The Labute approximate surface area is 145 Å². The maximum atomic E-state index is 6.10. The van der Waals surface area contributed by atoms with Crippen LogP contribution in [0.1, 0.15) is 11.1 Å². The molecule has 5 nitrogen and oxygen atoms in total. The summed E-state index contributed by atoms with van der Waals surface area (Å²) in [7, 11) is 0. The molecule has 0 saturated carbocycles. The molecular formula is C18H20N4OS. The molecule has 24 heavy (non-hydrogen) atoms. The third-order valence-electron chi connectivity index (χ3n) is 3.61. The lowest BCUT2D eigenvalue weighted by atomic mass is 10.1. The van der Waals surface area contributed by atoms with E-state index in [1.54, 1.807) is 0 Å². The first-order valence-corrected chi connectivity index (χ1v) is 8.72. The van der Waals surface area contributed by atoms with Gasteiger partial charge in [0.05, 0.1) is 6.61 Å². The van der Waals surface area contributed by atoms with E-state index < -0.39 is 0 Å². The van der Waals surface area contributed by atoms with Crippen LogP contribution < -0.4 is 10.6 Å². The Kier molecular flexibility index (Phi) is 5.05. The summed E-state index contributed by atoms with van der Waals surface area (Å²) in [5, 5.41) is 9.02. The SMILES string of the molecule is Cc1ccc(C)c(OCCSc2nnc(-c3ccccc3)n2N)c1. The van der Waals surface area contributed by atoms with Crippen molar-refractivity contribution >= 4 is 11.8 Å². The van der Waals surface area contributed by atoms with Gasteiger partial charge in [-0.1, -0.05) is 54.2 Å². The van der Waals surface area contributed by atoms with Crippen molar-refractivity contribution in [2.75, 3.05) is 18.2 Å². The summed E-state index contributed by atoms with van der Waals surface area (Å²) in [6, 6.07) is 16.0. The Hall–Kier alpha value is -2.47. The zero-order chi connectivity index (χ0) is 16.9. The number of thioether (sulfide) groups is 1. The molecule has 0 amide bonds. The van der Waals surface area contributed by atoms with Crippen LogP contribution in [0.3, 0.4) is 0 Å². The first kappa shape index (κ1) is 16.4. The molecule has 2 N–H and O–H groups in total. The molecule has 124 valence electrons. The van der Waals surface area contributed by atoms with Crippen LogP contribution in [0.25, 0.3) is 11.4 Å². The first-order valence-electron chi connectivity index (χ1n) is 7.74. The summed E-state index contributed by atoms with van der Waals surface area (Å²) in [5.74, 6) is 8.44. The molecular weight excluding hydrogens is 320 g/mol. The second kappa shape index (κ2) is 7.40. The van der Waals surface area contributed by atoms with Crippen molar-refractivity contribution in [3.05, 3.63) is 59.7 Å². The van der Waals surface area contributed by atoms with Gasteiger partial charge in [-0.25, -0.2) is 4.68 Å². The van der Waals surface area contributed by atoms with E-state index in [4.69, 9.17) is 10.6 Å². The highest BCUT2D eigenvalue weighted by Gasteiger charge is 2.11. The summed E-state index contributed by atoms with van der Waals surface area (Å²) in [4.78, 5) is 0. The summed E-state index contributed by atoms with van der Waals surface area (Å²) >= 11 is 1.53. The molecule has 1 heterocycles. The van der Waals surface area contributed by atoms with E-state index in [0.717, 1.165) is 22.6 Å². The number of aromatic nitrogens is 3. The lowest BCUT2D eigenvalue weighted by molar-refractivity contribution is 0.341. The van der Waals surface area contributed by atoms with Crippen LogP contribution in [-0.2, 0) is 0 Å². The highest BCUT2D eigenvalue weighted by atomic mass is 32.2. The van der Waals surface area contributed by atoms with Crippen molar-refractivity contribution in [1.82, 2.24) is 14.9 Å². The largest absolute Gasteiger partial charge is 0.492 e. The maximum Gasteiger partial charge on any atom is 0.210 e. The maximum absolute atomic E-state index is 6.10. The van der Waals surface area contributed by atoms with Crippen molar-refractivity contribution in [2.24, 2.45) is 0 Å². The van der Waals surface area contributed by atoms with Gasteiger partial charge < -0.3 is 10.6 Å². The molecule has 0 unspecified atom stereocenters. The van der Waals surface area contributed by atoms with E-state index in [0.29, 0.717) is 17.6 Å². The van der Waals surface area contributed by atoms with Crippen LogP contribution in [0.4, 0.5) is 0 Å². The summed E-state index contributed by atoms with van der Waals surface area (Å²) in [6.07, 6.45) is 0. The van der Waals surface area contributed by atoms with Crippen LogP contribution in [0.2, 0.25) is 0 Å². The van der Waals surface area contributed by atoms with Crippen molar-refractivity contribution in [3.8, 4) is 17.1 Å². The Bertz CT molecular complexity index is 817. The molecule has 2 aromatic carbocycles. The molecule has 0 aliphatic heterocycles. The number of ether oxygens (including phenoxy) is 1. The van der Waals surface area contributed by atoms with Crippen LogP contribution in [0, 0.1) is 13.8 Å². The molecule has 0 atom stereocenters. The third kappa shape index (κ3) is 3.71. The zero-order valence-corrected chi connectivity index (χ0v) is 14.6. The fourth-order valence-electron chi connectivity index (χ4n) is 2.31. The van der Waals surface area contributed by atoms with Crippen LogP contribution >= 0.6 is 11.8 Å². The van der Waals surface area contributed by atoms with Gasteiger partial charge in [-0.05, 0) is 31.0 Å². The Morgan fingerprint density at radius 1 is 1.08 bits per heavy atom. The molecule has 0 aliphatic carbocycles. The molecule has 3 aromatic rings. The number of hydrogen-bond donors (Lipinski definition) is 1. The molecule has 6 heteroatoms. The standard InChI is InChI=1S/C18H20N4OS/c1-13-8-9-14(2)16(12-13)23-10-11-24-18-21-20-17(22(18)19)15-6-4-3-5-7-15/h3-9,12H,10-11,19H2,1-2H3. The van der Waals surface area contributed by atoms with Crippen molar-refractivity contribution in [1.29, 1.82) is 0 Å². The first-order chi connectivity index (χ1) is 11.6. The number of hydrogen-bond acceptors (Lipinski definition) is 5. The average molecular weight is 340 g/mol. The van der Waals surface area contributed by atoms with Gasteiger partial charge in [0.15, 0.2) is 5.82 Å². The second-order valence-electron chi connectivity index (χ2n) is 5.51. The van der Waals surface area contributed by atoms with Gasteiger partial charge in [0.1, 0.15) is 5.75 Å². The van der Waals surface area contributed by atoms with Crippen molar-refractivity contribution in [2.45, 2.75) is 19.0 Å². The quantitative estimate of drug-likeness (QED) is 0.423. The molecule has 0 spiro atoms. The molecule has 3 rings (SSSR count). The monoisotopic (exact) mass is 340 g/mol. The minimum Gasteiger partial charge on any atom is -0.492 e. The molecule has 0 saturated heterocycles. The smallest absolute Gasteiger partial charge is 0.210 e. The van der Waals surface area contributed by atoms with Crippen LogP contribution in [0.5, 0.6) is 5.75 Å². The Balaban J connectivity index is 1.58. The molecule has 1 aromatic heterocycles. The van der Waals surface area contributed by atoms with E-state index in [1.165, 1.54) is 22.0 Å². The zero-order valence-electron chi connectivity index (χ0n) is 13.8. The number of benzene rings is 2. The van der Waals surface area contributed by atoms with Gasteiger partial charge in [0.25, 0.3) is 0 Å². The third-order valence-corrected chi connectivity index (χ3v) is 4.52. The van der Waals surface area contributed by atoms with Gasteiger partial charge in [-0.2, -0.15) is 0 Å². The van der Waals surface area contributed by atoms with E-state index in [1.807, 2.05) is 37.3 Å². The summed E-state index contributed by atoms with van der Waals surface area (Å²) < 4.78 is 7.38. The highest BCUT2D eigenvalue weighted by Crippen LogP contribution is 2.22. The van der Waals surface area contributed by atoms with Gasteiger partial charge in [-0.3, -0.25) is 0 Å². The minimum absolute atomic E-state index is 0.586. The number of aryl methyl sites for hydroxylation is 2. The number of nitrogens with two attached hydrogens (primary N) is 1. The van der Waals surface area contributed by atoms with E-state index >= 15 is 0 Å². The summed E-state index contributed by atoms with van der Waals surface area (Å²) in [5.41, 5.74) is 3.28. The Morgan fingerprint density at radius 2 is 1.88 bits per heavy atom. The van der Waals surface area contributed by atoms with Crippen LogP contribution in [0.15, 0.2) is 53.7 Å². The predicted octanol–water partition coefficient (Wildman–Crippen LogP) is 3.45. The number of rotatable bonds is 6. The minimum atomic E-state index is 0.586. The normalized spacial score (nSPS) is 10.8. The lowest BCUT2D eigenvalue weighted by Crippen LogP contribution is -2.12.